The Labute approximate surface area is 309 Å². The van der Waals surface area contributed by atoms with Gasteiger partial charge in [-0.05, 0) is 140 Å². The fraction of sp³-hybridized carbons (Fsp3) is 0.696. The lowest BCUT2D eigenvalue weighted by Crippen LogP contribution is -2.54. The van der Waals surface area contributed by atoms with Crippen LogP contribution in [0, 0.1) is 28.1 Å². The summed E-state index contributed by atoms with van der Waals surface area (Å²) in [5, 5.41) is 0. The SMILES string of the molecule is CCC(CN)(COC(=O)C1(C)CCCC2(C)c3ccc(C(C)C)cc3CCC12)COC(=O)C1(C)CCCC2(C)c3ccc(C(C)C)cc3CCC12. The van der Waals surface area contributed by atoms with E-state index in [2.05, 4.69) is 98.7 Å². The summed E-state index contributed by atoms with van der Waals surface area (Å²) >= 11 is 0. The number of hydrogen-bond acceptors (Lipinski definition) is 5. The standard InChI is InChI=1S/C46H67NO4/c1-10-46(27-47,28-50-40(48)44(8)23-11-21-42(6)36-17-13-32(30(2)3)25-34(36)15-19-38(42)44)29-51-41(49)45(9)24-12-22-43(7)37-18-14-33(31(4)5)26-35(37)16-20-39(43)45/h13-14,17-18,25-26,30-31,38-39H,10-12,15-16,19-24,27-29,47H2,1-9H3. The molecule has 0 spiro atoms. The minimum absolute atomic E-state index is 0.0549. The Balaban J connectivity index is 1.15. The molecule has 0 aromatic heterocycles. The van der Waals surface area contributed by atoms with Gasteiger partial charge in [0.2, 0.25) is 0 Å². The Kier molecular flexibility index (Phi) is 10.4. The van der Waals surface area contributed by atoms with Gasteiger partial charge in [0.25, 0.3) is 0 Å². The van der Waals surface area contributed by atoms with E-state index in [1.54, 1.807) is 0 Å². The van der Waals surface area contributed by atoms with Crippen LogP contribution in [-0.2, 0) is 42.7 Å². The van der Waals surface area contributed by atoms with Gasteiger partial charge in [0.05, 0.1) is 16.2 Å². The van der Waals surface area contributed by atoms with Crippen molar-refractivity contribution in [1.29, 1.82) is 0 Å². The Hall–Kier alpha value is -2.66. The van der Waals surface area contributed by atoms with Gasteiger partial charge in [-0.25, -0.2) is 0 Å². The number of nitrogens with two attached hydrogens (primary N) is 1. The van der Waals surface area contributed by atoms with Gasteiger partial charge in [-0.1, -0.05) is 97.7 Å². The Morgan fingerprint density at radius 3 is 1.49 bits per heavy atom. The summed E-state index contributed by atoms with van der Waals surface area (Å²) in [6.07, 6.45) is 10.5. The molecular weight excluding hydrogens is 631 g/mol. The van der Waals surface area contributed by atoms with Crippen LogP contribution in [0.3, 0.4) is 0 Å². The lowest BCUT2D eigenvalue weighted by atomic mass is 9.49. The molecule has 5 heteroatoms. The Morgan fingerprint density at radius 1 is 0.725 bits per heavy atom. The van der Waals surface area contributed by atoms with E-state index in [4.69, 9.17) is 15.2 Å². The van der Waals surface area contributed by atoms with Gasteiger partial charge >= 0.3 is 11.9 Å². The molecule has 5 nitrogen and oxygen atoms in total. The van der Waals surface area contributed by atoms with Gasteiger partial charge in [-0.2, -0.15) is 0 Å². The lowest BCUT2D eigenvalue weighted by Gasteiger charge is -2.54. The smallest absolute Gasteiger partial charge is 0.312 e. The fourth-order valence-electron chi connectivity index (χ4n) is 11.5. The molecule has 2 fully saturated rings. The summed E-state index contributed by atoms with van der Waals surface area (Å²) in [5.41, 5.74) is 13.1. The Bertz CT molecular complexity index is 1510. The van der Waals surface area contributed by atoms with E-state index in [1.807, 2.05) is 0 Å². The van der Waals surface area contributed by atoms with Crippen LogP contribution in [0.15, 0.2) is 36.4 Å². The second kappa shape index (κ2) is 14.0. The first kappa shape index (κ1) is 38.1. The minimum Gasteiger partial charge on any atom is -0.464 e. The largest absolute Gasteiger partial charge is 0.464 e. The molecule has 2 aromatic carbocycles. The molecule has 0 heterocycles. The first-order chi connectivity index (χ1) is 24.1. The maximum absolute atomic E-state index is 14.3. The van der Waals surface area contributed by atoms with Crippen LogP contribution in [0.4, 0.5) is 0 Å². The number of ether oxygens (including phenoxy) is 2. The highest BCUT2D eigenvalue weighted by Crippen LogP contribution is 2.59. The van der Waals surface area contributed by atoms with Crippen LogP contribution in [0.5, 0.6) is 0 Å². The summed E-state index contributed by atoms with van der Waals surface area (Å²) in [6, 6.07) is 14.1. The third kappa shape index (κ3) is 6.40. The highest BCUT2D eigenvalue weighted by Gasteiger charge is 2.57. The van der Waals surface area contributed by atoms with Crippen molar-refractivity contribution in [2.24, 2.45) is 33.8 Å². The summed E-state index contributed by atoms with van der Waals surface area (Å²) in [7, 11) is 0. The van der Waals surface area contributed by atoms with Crippen LogP contribution in [0.2, 0.25) is 0 Å². The number of fused-ring (bicyclic) bond motifs is 6. The van der Waals surface area contributed by atoms with Crippen molar-refractivity contribution in [3.05, 3.63) is 69.8 Å². The van der Waals surface area contributed by atoms with Gasteiger partial charge in [-0.3, -0.25) is 9.59 Å². The van der Waals surface area contributed by atoms with Crippen LogP contribution in [0.1, 0.15) is 165 Å². The number of esters is 2. The average molecular weight is 698 g/mol. The quantitative estimate of drug-likeness (QED) is 0.250. The van der Waals surface area contributed by atoms with Gasteiger partial charge in [0, 0.05) is 6.54 Å². The summed E-state index contributed by atoms with van der Waals surface area (Å²) in [5.74, 6) is 1.20. The van der Waals surface area contributed by atoms with Crippen LogP contribution in [-0.4, -0.2) is 31.7 Å². The molecule has 51 heavy (non-hydrogen) atoms. The molecule has 6 rings (SSSR count). The van der Waals surface area contributed by atoms with Gasteiger partial charge in [0.1, 0.15) is 13.2 Å². The van der Waals surface area contributed by atoms with E-state index in [1.165, 1.54) is 33.4 Å². The van der Waals surface area contributed by atoms with Crippen molar-refractivity contribution in [3.63, 3.8) is 0 Å². The molecule has 0 amide bonds. The average Bonchev–Trinajstić information content (AvgIpc) is 3.11. The molecular formula is C46H67NO4. The monoisotopic (exact) mass is 698 g/mol. The molecule has 4 aliphatic carbocycles. The number of aryl methyl sites for hydroxylation is 2. The van der Waals surface area contributed by atoms with Crippen LogP contribution in [0.25, 0.3) is 0 Å². The molecule has 0 saturated heterocycles. The van der Waals surface area contributed by atoms with Crippen molar-refractivity contribution in [1.82, 2.24) is 0 Å². The predicted octanol–water partition coefficient (Wildman–Crippen LogP) is 10.1. The van der Waals surface area contributed by atoms with Crippen LogP contribution >= 0.6 is 0 Å². The second-order valence-electron chi connectivity index (χ2n) is 18.9. The highest BCUT2D eigenvalue weighted by atomic mass is 16.5. The van der Waals surface area contributed by atoms with Crippen molar-refractivity contribution >= 4 is 11.9 Å². The van der Waals surface area contributed by atoms with Crippen molar-refractivity contribution in [3.8, 4) is 0 Å². The van der Waals surface area contributed by atoms with Gasteiger partial charge < -0.3 is 15.2 Å². The first-order valence-corrected chi connectivity index (χ1v) is 20.4. The number of carbonyl (C=O) groups is 2. The topological polar surface area (TPSA) is 78.6 Å². The van der Waals surface area contributed by atoms with Crippen molar-refractivity contribution in [2.45, 2.75) is 156 Å². The molecule has 0 bridgehead atoms. The Morgan fingerprint density at radius 2 is 1.14 bits per heavy atom. The maximum atomic E-state index is 14.3. The summed E-state index contributed by atoms with van der Waals surface area (Å²) < 4.78 is 12.6. The van der Waals surface area contributed by atoms with E-state index in [-0.39, 0.29) is 54.4 Å². The molecule has 6 unspecified atom stereocenters. The summed E-state index contributed by atoms with van der Waals surface area (Å²) in [4.78, 5) is 28.5. The molecule has 4 aliphatic rings. The van der Waals surface area contributed by atoms with Gasteiger partial charge in [-0.15, -0.1) is 0 Å². The van der Waals surface area contributed by atoms with Crippen LogP contribution < -0.4 is 5.73 Å². The minimum atomic E-state index is -0.618. The fourth-order valence-corrected chi connectivity index (χ4v) is 11.5. The van der Waals surface area contributed by atoms with Crippen molar-refractivity contribution in [2.75, 3.05) is 19.8 Å². The number of benzene rings is 2. The third-order valence-electron chi connectivity index (χ3n) is 15.2. The number of rotatable bonds is 10. The molecule has 2 aromatic rings. The molecule has 0 radical (unpaired) electrons. The summed E-state index contributed by atoms with van der Waals surface area (Å²) in [6.45, 7) is 20.8. The molecule has 6 atom stereocenters. The van der Waals surface area contributed by atoms with E-state index in [0.717, 1.165) is 64.2 Å². The number of carbonyl (C=O) groups excluding carboxylic acids is 2. The van der Waals surface area contributed by atoms with E-state index >= 15 is 0 Å². The zero-order valence-electron chi connectivity index (χ0n) is 33.4. The lowest BCUT2D eigenvalue weighted by molar-refractivity contribution is -0.175. The van der Waals surface area contributed by atoms with E-state index in [0.29, 0.717) is 18.3 Å². The van der Waals surface area contributed by atoms with Gasteiger partial charge in [0.15, 0.2) is 0 Å². The third-order valence-corrected chi connectivity index (χ3v) is 15.2. The zero-order valence-corrected chi connectivity index (χ0v) is 33.4. The van der Waals surface area contributed by atoms with Crippen molar-refractivity contribution < 1.29 is 19.1 Å². The van der Waals surface area contributed by atoms with E-state index in [9.17, 15) is 9.59 Å². The molecule has 2 N–H and O–H groups in total. The normalized spacial score (nSPS) is 32.6. The molecule has 0 aliphatic heterocycles. The highest BCUT2D eigenvalue weighted by molar-refractivity contribution is 5.78. The number of hydrogen-bond donors (Lipinski definition) is 1. The maximum Gasteiger partial charge on any atom is 0.312 e. The predicted molar refractivity (Wildman–Crippen MR) is 207 cm³/mol. The molecule has 2 saturated carbocycles. The first-order valence-electron chi connectivity index (χ1n) is 20.4. The second-order valence-corrected chi connectivity index (χ2v) is 18.9. The van der Waals surface area contributed by atoms with E-state index < -0.39 is 16.2 Å². The molecule has 280 valence electrons. The zero-order chi connectivity index (χ0) is 37.0.